The zero-order chi connectivity index (χ0) is 8.43. The molecule has 0 aromatic heterocycles. The molecule has 0 atom stereocenters. The van der Waals surface area contributed by atoms with Gasteiger partial charge in [0.1, 0.15) is 0 Å². The summed E-state index contributed by atoms with van der Waals surface area (Å²) in [6.07, 6.45) is 0. The van der Waals surface area contributed by atoms with Gasteiger partial charge in [-0.25, -0.2) is 0 Å². The van der Waals surface area contributed by atoms with Crippen LogP contribution in [0.1, 0.15) is 0 Å². The van der Waals surface area contributed by atoms with Gasteiger partial charge in [0.05, 0.1) is 20.8 Å². The summed E-state index contributed by atoms with van der Waals surface area (Å²) in [7, 11) is 0. The first-order chi connectivity index (χ1) is 5.15. The van der Waals surface area contributed by atoms with Crippen LogP contribution in [0, 0.1) is 0 Å². The number of benzene rings is 1. The standard InChI is InChI=1S/C6H4Cl3NO/c7-3-1-5(9)6(10-11)2-4(3)8/h1-2,10-11H. The van der Waals surface area contributed by atoms with Crippen molar-refractivity contribution in [1.29, 1.82) is 0 Å². The number of rotatable bonds is 1. The van der Waals surface area contributed by atoms with Crippen LogP contribution in [0.4, 0.5) is 5.69 Å². The molecule has 0 unspecified atom stereocenters. The number of nitrogens with one attached hydrogen (secondary N) is 1. The Morgan fingerprint density at radius 2 is 1.55 bits per heavy atom. The lowest BCUT2D eigenvalue weighted by molar-refractivity contribution is 0.389. The lowest BCUT2D eigenvalue weighted by Crippen LogP contribution is -1.89. The van der Waals surface area contributed by atoms with E-state index in [4.69, 9.17) is 40.0 Å². The average Bonchev–Trinajstić information content (AvgIpc) is 1.97. The van der Waals surface area contributed by atoms with Crippen molar-refractivity contribution < 1.29 is 5.21 Å². The highest BCUT2D eigenvalue weighted by Gasteiger charge is 2.03. The Morgan fingerprint density at radius 3 is 2.09 bits per heavy atom. The van der Waals surface area contributed by atoms with E-state index in [1.807, 2.05) is 5.48 Å². The minimum absolute atomic E-state index is 0.321. The molecule has 0 fully saturated rings. The van der Waals surface area contributed by atoms with Gasteiger partial charge in [-0.2, -0.15) is 0 Å². The molecule has 1 rings (SSSR count). The molecule has 11 heavy (non-hydrogen) atoms. The predicted octanol–water partition coefficient (Wildman–Crippen LogP) is 3.45. The van der Waals surface area contributed by atoms with Crippen molar-refractivity contribution >= 4 is 40.5 Å². The molecule has 1 aromatic carbocycles. The van der Waals surface area contributed by atoms with Crippen LogP contribution in [0.15, 0.2) is 12.1 Å². The van der Waals surface area contributed by atoms with Gasteiger partial charge in [0.2, 0.25) is 0 Å². The second kappa shape index (κ2) is 3.50. The van der Waals surface area contributed by atoms with Gasteiger partial charge in [0, 0.05) is 0 Å². The summed E-state index contributed by atoms with van der Waals surface area (Å²) < 4.78 is 0. The van der Waals surface area contributed by atoms with E-state index in [9.17, 15) is 0 Å². The lowest BCUT2D eigenvalue weighted by Gasteiger charge is -2.03. The molecular formula is C6H4Cl3NO. The summed E-state index contributed by atoms with van der Waals surface area (Å²) in [6.45, 7) is 0. The van der Waals surface area contributed by atoms with E-state index in [2.05, 4.69) is 0 Å². The number of hydrogen-bond donors (Lipinski definition) is 2. The Balaban J connectivity index is 3.21. The third-order valence-corrected chi connectivity index (χ3v) is 2.17. The smallest absolute Gasteiger partial charge is 0.0804 e. The maximum Gasteiger partial charge on any atom is 0.0804 e. The van der Waals surface area contributed by atoms with Gasteiger partial charge in [0.25, 0.3) is 0 Å². The van der Waals surface area contributed by atoms with E-state index in [1.165, 1.54) is 12.1 Å². The molecule has 0 bridgehead atoms. The minimum Gasteiger partial charge on any atom is -0.291 e. The molecule has 0 aliphatic rings. The van der Waals surface area contributed by atoms with Gasteiger partial charge in [-0.1, -0.05) is 34.8 Å². The fourth-order valence-corrected chi connectivity index (χ4v) is 1.20. The molecule has 1 aromatic rings. The van der Waals surface area contributed by atoms with Crippen molar-refractivity contribution in [3.63, 3.8) is 0 Å². The first-order valence-electron chi connectivity index (χ1n) is 2.70. The highest BCUT2D eigenvalue weighted by Crippen LogP contribution is 2.31. The van der Waals surface area contributed by atoms with Crippen LogP contribution in [0.25, 0.3) is 0 Å². The van der Waals surface area contributed by atoms with Crippen LogP contribution >= 0.6 is 34.8 Å². The normalized spacial score (nSPS) is 9.82. The quantitative estimate of drug-likeness (QED) is 0.552. The average molecular weight is 212 g/mol. The predicted molar refractivity (Wildman–Crippen MR) is 46.9 cm³/mol. The molecule has 5 heteroatoms. The van der Waals surface area contributed by atoms with Crippen molar-refractivity contribution in [2.24, 2.45) is 0 Å². The van der Waals surface area contributed by atoms with E-state index < -0.39 is 0 Å². The second-order valence-corrected chi connectivity index (χ2v) is 3.08. The molecule has 0 aliphatic heterocycles. The lowest BCUT2D eigenvalue weighted by atomic mass is 10.3. The fourth-order valence-electron chi connectivity index (χ4n) is 0.608. The van der Waals surface area contributed by atoms with Crippen molar-refractivity contribution in [3.05, 3.63) is 27.2 Å². The van der Waals surface area contributed by atoms with Crippen LogP contribution in [-0.2, 0) is 0 Å². The topological polar surface area (TPSA) is 32.3 Å². The Kier molecular flexibility index (Phi) is 2.84. The van der Waals surface area contributed by atoms with Gasteiger partial charge in [-0.05, 0) is 12.1 Å². The van der Waals surface area contributed by atoms with E-state index in [-0.39, 0.29) is 0 Å². The zero-order valence-electron chi connectivity index (χ0n) is 5.24. The Labute approximate surface area is 78.6 Å². The first kappa shape index (κ1) is 8.94. The van der Waals surface area contributed by atoms with Gasteiger partial charge >= 0.3 is 0 Å². The summed E-state index contributed by atoms with van der Waals surface area (Å²) in [6, 6.07) is 2.89. The van der Waals surface area contributed by atoms with E-state index in [1.54, 1.807) is 0 Å². The van der Waals surface area contributed by atoms with E-state index in [0.29, 0.717) is 20.8 Å². The summed E-state index contributed by atoms with van der Waals surface area (Å²) in [5.74, 6) is 0. The minimum atomic E-state index is 0.321. The molecule has 0 amide bonds. The van der Waals surface area contributed by atoms with Gasteiger partial charge in [-0.15, -0.1) is 0 Å². The summed E-state index contributed by atoms with van der Waals surface area (Å²) >= 11 is 16.9. The summed E-state index contributed by atoms with van der Waals surface area (Å²) in [5, 5.41) is 9.52. The van der Waals surface area contributed by atoms with Crippen LogP contribution in [-0.4, -0.2) is 5.21 Å². The molecule has 0 aliphatic carbocycles. The summed E-state index contributed by atoms with van der Waals surface area (Å²) in [5.41, 5.74) is 2.22. The molecule has 60 valence electrons. The Morgan fingerprint density at radius 1 is 1.00 bits per heavy atom. The first-order valence-corrected chi connectivity index (χ1v) is 3.83. The van der Waals surface area contributed by atoms with Crippen molar-refractivity contribution in [1.82, 2.24) is 0 Å². The molecule has 0 spiro atoms. The molecule has 0 heterocycles. The highest BCUT2D eigenvalue weighted by atomic mass is 35.5. The summed E-state index contributed by atoms with van der Waals surface area (Å²) in [4.78, 5) is 0. The molecule has 0 radical (unpaired) electrons. The number of anilines is 1. The van der Waals surface area contributed by atoms with Gasteiger partial charge in [-0.3, -0.25) is 10.7 Å². The number of hydrogen-bond acceptors (Lipinski definition) is 2. The molecule has 0 saturated heterocycles. The van der Waals surface area contributed by atoms with Crippen LogP contribution < -0.4 is 5.48 Å². The van der Waals surface area contributed by atoms with Gasteiger partial charge in [0.15, 0.2) is 0 Å². The van der Waals surface area contributed by atoms with Gasteiger partial charge < -0.3 is 0 Å². The SMILES string of the molecule is ONc1cc(Cl)c(Cl)cc1Cl. The third kappa shape index (κ3) is 1.91. The van der Waals surface area contributed by atoms with Crippen LogP contribution in [0.2, 0.25) is 15.1 Å². The monoisotopic (exact) mass is 211 g/mol. The second-order valence-electron chi connectivity index (χ2n) is 1.86. The molecule has 0 saturated carbocycles. The van der Waals surface area contributed by atoms with Crippen LogP contribution in [0.3, 0.4) is 0 Å². The molecule has 2 nitrogen and oxygen atoms in total. The maximum absolute atomic E-state index is 8.50. The van der Waals surface area contributed by atoms with E-state index in [0.717, 1.165) is 0 Å². The highest BCUT2D eigenvalue weighted by molar-refractivity contribution is 6.44. The number of halogens is 3. The fraction of sp³-hybridized carbons (Fsp3) is 0. The van der Waals surface area contributed by atoms with Crippen molar-refractivity contribution in [2.75, 3.05) is 5.48 Å². The van der Waals surface area contributed by atoms with Crippen molar-refractivity contribution in [2.45, 2.75) is 0 Å². The molecule has 2 N–H and O–H groups in total. The molecular weight excluding hydrogens is 208 g/mol. The van der Waals surface area contributed by atoms with E-state index >= 15 is 0 Å². The Bertz CT molecular complexity index is 277. The largest absolute Gasteiger partial charge is 0.291 e. The van der Waals surface area contributed by atoms with Crippen molar-refractivity contribution in [3.8, 4) is 0 Å². The zero-order valence-corrected chi connectivity index (χ0v) is 7.50. The third-order valence-electron chi connectivity index (χ3n) is 1.13. The van der Waals surface area contributed by atoms with Crippen LogP contribution in [0.5, 0.6) is 0 Å². The maximum atomic E-state index is 8.50. The Hall–Kier alpha value is -0.150.